The summed E-state index contributed by atoms with van der Waals surface area (Å²) in [5.41, 5.74) is 9.03. The number of hydrazone groups is 1. The summed E-state index contributed by atoms with van der Waals surface area (Å²) < 4.78 is 11.3. The molecule has 3 aromatic carbocycles. The highest BCUT2D eigenvalue weighted by atomic mass is 16.5. The lowest BCUT2D eigenvalue weighted by Crippen LogP contribution is -2.40. The maximum absolute atomic E-state index is 11.2. The summed E-state index contributed by atoms with van der Waals surface area (Å²) in [4.78, 5) is 11.2. The number of carbonyl (C=O) groups is 1. The molecule has 0 unspecified atom stereocenters. The Morgan fingerprint density at radius 1 is 1.11 bits per heavy atom. The molecular formula is C28H23N5O4. The Balaban J connectivity index is 1.59. The second kappa shape index (κ2) is 11.1. The zero-order valence-electron chi connectivity index (χ0n) is 19.9. The molecule has 1 heterocycles. The van der Waals surface area contributed by atoms with Crippen LogP contribution in [-0.2, 0) is 6.61 Å². The average molecular weight is 494 g/mol. The van der Waals surface area contributed by atoms with Gasteiger partial charge in [-0.1, -0.05) is 36.4 Å². The topological polar surface area (TPSA) is 145 Å². The standard InChI is InChI=1S/C28H23N5O4/c1-36-25-14-18(10-11-24(25)37-17-19-6-5-7-20(13-19)28(34)35)12-21(15-29)26-23(16-30)27(31)33(32-26)22-8-3-2-4-9-22/h2-14,23,27H,17,31H2,1H3,(H,34,35)/b21-12-/t23-,27+/m0/s1. The van der Waals surface area contributed by atoms with Gasteiger partial charge in [0.2, 0.25) is 0 Å². The summed E-state index contributed by atoms with van der Waals surface area (Å²) in [7, 11) is 1.50. The van der Waals surface area contributed by atoms with Crippen LogP contribution >= 0.6 is 0 Å². The molecule has 9 nitrogen and oxygen atoms in total. The van der Waals surface area contributed by atoms with E-state index in [1.807, 2.05) is 30.3 Å². The van der Waals surface area contributed by atoms with Crippen LogP contribution in [0.2, 0.25) is 0 Å². The van der Waals surface area contributed by atoms with Crippen molar-refractivity contribution in [1.82, 2.24) is 0 Å². The fraction of sp³-hybridized carbons (Fsp3) is 0.143. The van der Waals surface area contributed by atoms with E-state index in [1.165, 1.54) is 13.2 Å². The highest BCUT2D eigenvalue weighted by Gasteiger charge is 2.37. The van der Waals surface area contributed by atoms with Crippen molar-refractivity contribution >= 4 is 23.4 Å². The van der Waals surface area contributed by atoms with Gasteiger partial charge in [0, 0.05) is 0 Å². The van der Waals surface area contributed by atoms with Crippen molar-refractivity contribution in [3.05, 3.63) is 95.1 Å². The first-order valence-corrected chi connectivity index (χ1v) is 11.3. The van der Waals surface area contributed by atoms with Crippen LogP contribution in [0.15, 0.2) is 83.5 Å². The maximum Gasteiger partial charge on any atom is 0.335 e. The molecule has 0 fully saturated rings. The van der Waals surface area contributed by atoms with Gasteiger partial charge in [0.15, 0.2) is 11.5 Å². The average Bonchev–Trinajstić information content (AvgIpc) is 3.27. The van der Waals surface area contributed by atoms with Gasteiger partial charge in [0.1, 0.15) is 24.8 Å². The first-order chi connectivity index (χ1) is 17.9. The van der Waals surface area contributed by atoms with Crippen molar-refractivity contribution in [1.29, 1.82) is 10.5 Å². The molecule has 0 aromatic heterocycles. The molecule has 0 saturated heterocycles. The van der Waals surface area contributed by atoms with E-state index in [2.05, 4.69) is 17.2 Å². The maximum atomic E-state index is 11.2. The zero-order valence-corrected chi connectivity index (χ0v) is 19.9. The molecule has 0 amide bonds. The fourth-order valence-electron chi connectivity index (χ4n) is 3.90. The predicted octanol–water partition coefficient (Wildman–Crippen LogP) is 4.18. The molecule has 3 N–H and O–H groups in total. The van der Waals surface area contributed by atoms with Crippen molar-refractivity contribution in [3.8, 4) is 23.6 Å². The van der Waals surface area contributed by atoms with Crippen LogP contribution in [0.3, 0.4) is 0 Å². The Morgan fingerprint density at radius 3 is 2.57 bits per heavy atom. The molecule has 1 aliphatic heterocycles. The first kappa shape index (κ1) is 25.0. The minimum absolute atomic E-state index is 0.143. The summed E-state index contributed by atoms with van der Waals surface area (Å²) in [6.07, 6.45) is 0.886. The molecule has 0 bridgehead atoms. The van der Waals surface area contributed by atoms with Gasteiger partial charge in [-0.15, -0.1) is 0 Å². The van der Waals surface area contributed by atoms with Crippen LogP contribution in [0.4, 0.5) is 5.69 Å². The molecule has 1 aliphatic rings. The van der Waals surface area contributed by atoms with Gasteiger partial charge in [-0.2, -0.15) is 15.6 Å². The number of methoxy groups -OCH3 is 1. The third-order valence-corrected chi connectivity index (χ3v) is 5.76. The fourth-order valence-corrected chi connectivity index (χ4v) is 3.90. The van der Waals surface area contributed by atoms with Crippen LogP contribution in [0, 0.1) is 28.6 Å². The number of rotatable bonds is 8. The molecule has 9 heteroatoms. The van der Waals surface area contributed by atoms with Gasteiger partial charge < -0.3 is 20.3 Å². The van der Waals surface area contributed by atoms with Gasteiger partial charge in [-0.25, -0.2) is 9.80 Å². The minimum atomic E-state index is -1.01. The normalized spacial score (nSPS) is 16.9. The van der Waals surface area contributed by atoms with E-state index in [0.717, 1.165) is 5.69 Å². The Morgan fingerprint density at radius 2 is 1.89 bits per heavy atom. The first-order valence-electron chi connectivity index (χ1n) is 11.3. The number of benzene rings is 3. The molecule has 2 atom stereocenters. The third-order valence-electron chi connectivity index (χ3n) is 5.76. The summed E-state index contributed by atoms with van der Waals surface area (Å²) in [6, 6.07) is 25.1. The highest BCUT2D eigenvalue weighted by molar-refractivity contribution is 6.11. The van der Waals surface area contributed by atoms with Crippen molar-refractivity contribution in [3.63, 3.8) is 0 Å². The van der Waals surface area contributed by atoms with E-state index in [0.29, 0.717) is 28.3 Å². The summed E-state index contributed by atoms with van der Waals surface area (Å²) in [6.45, 7) is 0.143. The molecule has 3 aromatic rings. The van der Waals surface area contributed by atoms with Crippen molar-refractivity contribution < 1.29 is 19.4 Å². The highest BCUT2D eigenvalue weighted by Crippen LogP contribution is 2.32. The van der Waals surface area contributed by atoms with Gasteiger partial charge in [-0.3, -0.25) is 0 Å². The number of nitriles is 2. The monoisotopic (exact) mass is 493 g/mol. The zero-order chi connectivity index (χ0) is 26.4. The molecule has 0 spiro atoms. The van der Waals surface area contributed by atoms with Crippen LogP contribution in [0.25, 0.3) is 6.08 Å². The Hall–Kier alpha value is -5.12. The smallest absolute Gasteiger partial charge is 0.335 e. The van der Waals surface area contributed by atoms with Crippen molar-refractivity contribution in [2.75, 3.05) is 12.1 Å². The van der Waals surface area contributed by atoms with Crippen LogP contribution in [0.1, 0.15) is 21.5 Å². The van der Waals surface area contributed by atoms with Gasteiger partial charge in [0.25, 0.3) is 0 Å². The molecule has 184 valence electrons. The van der Waals surface area contributed by atoms with Crippen molar-refractivity contribution in [2.45, 2.75) is 12.8 Å². The van der Waals surface area contributed by atoms with Crippen LogP contribution in [-0.4, -0.2) is 30.1 Å². The lowest BCUT2D eigenvalue weighted by Gasteiger charge is -2.21. The summed E-state index contributed by atoms with van der Waals surface area (Å²) >= 11 is 0. The minimum Gasteiger partial charge on any atom is -0.493 e. The van der Waals surface area contributed by atoms with E-state index in [4.69, 9.17) is 15.2 Å². The Labute approximate surface area is 213 Å². The molecular weight excluding hydrogens is 470 g/mol. The second-order valence-electron chi connectivity index (χ2n) is 8.14. The predicted molar refractivity (Wildman–Crippen MR) is 138 cm³/mol. The lowest BCUT2D eigenvalue weighted by atomic mass is 9.95. The third kappa shape index (κ3) is 5.43. The number of aromatic carboxylic acids is 1. The molecule has 0 saturated carbocycles. The molecule has 0 aliphatic carbocycles. The van der Waals surface area contributed by atoms with Gasteiger partial charge in [-0.05, 0) is 53.6 Å². The molecule has 4 rings (SSSR count). The number of anilines is 1. The number of para-hydroxylation sites is 1. The quantitative estimate of drug-likeness (QED) is 0.445. The number of hydrogen-bond donors (Lipinski definition) is 2. The Kier molecular flexibility index (Phi) is 7.48. The van der Waals surface area contributed by atoms with Crippen LogP contribution < -0.4 is 20.2 Å². The van der Waals surface area contributed by atoms with Gasteiger partial charge >= 0.3 is 5.97 Å². The lowest BCUT2D eigenvalue weighted by molar-refractivity contribution is 0.0696. The largest absolute Gasteiger partial charge is 0.493 e. The number of nitrogens with zero attached hydrogens (tertiary/aromatic N) is 4. The second-order valence-corrected chi connectivity index (χ2v) is 8.14. The van der Waals surface area contributed by atoms with E-state index in [-0.39, 0.29) is 17.7 Å². The Bertz CT molecular complexity index is 1450. The summed E-state index contributed by atoms with van der Waals surface area (Å²) in [5, 5.41) is 34.9. The number of allylic oxidation sites excluding steroid dienone is 1. The number of carboxylic acid groups (broad SMARTS) is 1. The van der Waals surface area contributed by atoms with E-state index < -0.39 is 18.1 Å². The number of nitrogens with two attached hydrogens (primary N) is 1. The number of carboxylic acids is 1. The van der Waals surface area contributed by atoms with Gasteiger partial charge in [0.05, 0.1) is 35.7 Å². The van der Waals surface area contributed by atoms with Crippen molar-refractivity contribution in [2.24, 2.45) is 16.8 Å². The van der Waals surface area contributed by atoms with E-state index >= 15 is 0 Å². The van der Waals surface area contributed by atoms with E-state index in [9.17, 15) is 20.4 Å². The summed E-state index contributed by atoms with van der Waals surface area (Å²) in [5.74, 6) is -0.933. The number of hydrogen-bond acceptors (Lipinski definition) is 8. The van der Waals surface area contributed by atoms with E-state index in [1.54, 1.807) is 47.5 Å². The van der Waals surface area contributed by atoms with Crippen LogP contribution in [0.5, 0.6) is 11.5 Å². The SMILES string of the molecule is COc1cc(/C=C(/C#N)C2=NN(c3ccccc3)[C@@H](N)[C@H]2C#N)ccc1OCc1cccc(C(=O)O)c1. The molecule has 0 radical (unpaired) electrons. The number of ether oxygens (including phenoxy) is 2. The molecule has 37 heavy (non-hydrogen) atoms.